The molecule has 3 heteroatoms. The van der Waals surface area contributed by atoms with Gasteiger partial charge in [-0.25, -0.2) is 4.39 Å². The van der Waals surface area contributed by atoms with Crippen molar-refractivity contribution in [3.05, 3.63) is 35.1 Å². The molecule has 1 aromatic rings. The molecular formula is C16H25FN2. The average Bonchev–Trinajstić information content (AvgIpc) is 2.85. The third-order valence-corrected chi connectivity index (χ3v) is 4.76. The molecule has 0 aromatic heterocycles. The minimum atomic E-state index is -0.117. The van der Waals surface area contributed by atoms with E-state index in [0.29, 0.717) is 12.0 Å². The van der Waals surface area contributed by atoms with Gasteiger partial charge in [-0.1, -0.05) is 26.0 Å². The maximum atomic E-state index is 14.0. The van der Waals surface area contributed by atoms with Crippen molar-refractivity contribution in [1.82, 2.24) is 4.90 Å². The Balaban J connectivity index is 2.03. The van der Waals surface area contributed by atoms with Crippen LogP contribution in [-0.4, -0.2) is 18.0 Å². The van der Waals surface area contributed by atoms with Gasteiger partial charge in [0, 0.05) is 25.2 Å². The van der Waals surface area contributed by atoms with E-state index in [1.54, 1.807) is 6.07 Å². The molecule has 0 atom stereocenters. The Hall–Kier alpha value is -0.930. The van der Waals surface area contributed by atoms with Gasteiger partial charge in [-0.2, -0.15) is 0 Å². The molecule has 1 aromatic carbocycles. The second-order valence-electron chi connectivity index (χ2n) is 5.80. The van der Waals surface area contributed by atoms with Crippen molar-refractivity contribution >= 4 is 0 Å². The van der Waals surface area contributed by atoms with Crippen LogP contribution in [0.5, 0.6) is 0 Å². The Morgan fingerprint density at radius 1 is 1.32 bits per heavy atom. The first-order valence-electron chi connectivity index (χ1n) is 7.32. The molecule has 1 saturated heterocycles. The van der Waals surface area contributed by atoms with Crippen molar-refractivity contribution in [2.24, 2.45) is 11.1 Å². The zero-order valence-electron chi connectivity index (χ0n) is 12.1. The van der Waals surface area contributed by atoms with E-state index >= 15 is 0 Å². The molecule has 0 radical (unpaired) electrons. The standard InChI is InChI=1S/C16H25FN2/c1-3-16(4-2)7-8-19(12-16)11-14-6-5-13(10-18)9-15(14)17/h5-6,9H,3-4,7-8,10-12,18H2,1-2H3. The average molecular weight is 264 g/mol. The van der Waals surface area contributed by atoms with Crippen LogP contribution in [-0.2, 0) is 13.1 Å². The summed E-state index contributed by atoms with van der Waals surface area (Å²) in [5.41, 5.74) is 7.63. The van der Waals surface area contributed by atoms with Crippen LogP contribution in [0.15, 0.2) is 18.2 Å². The van der Waals surface area contributed by atoms with E-state index in [0.717, 1.165) is 30.8 Å². The van der Waals surface area contributed by atoms with Gasteiger partial charge >= 0.3 is 0 Å². The summed E-state index contributed by atoms with van der Waals surface area (Å²) in [6, 6.07) is 5.38. The molecule has 1 heterocycles. The van der Waals surface area contributed by atoms with Crippen LogP contribution in [0.2, 0.25) is 0 Å². The molecule has 0 amide bonds. The van der Waals surface area contributed by atoms with Gasteiger partial charge in [0.2, 0.25) is 0 Å². The first-order valence-corrected chi connectivity index (χ1v) is 7.32. The highest BCUT2D eigenvalue weighted by Crippen LogP contribution is 2.37. The van der Waals surface area contributed by atoms with Crippen LogP contribution in [0.25, 0.3) is 0 Å². The Morgan fingerprint density at radius 3 is 2.58 bits per heavy atom. The molecule has 1 fully saturated rings. The monoisotopic (exact) mass is 264 g/mol. The maximum Gasteiger partial charge on any atom is 0.128 e. The van der Waals surface area contributed by atoms with Crippen molar-refractivity contribution in [2.75, 3.05) is 13.1 Å². The van der Waals surface area contributed by atoms with Gasteiger partial charge in [-0.3, -0.25) is 4.90 Å². The Morgan fingerprint density at radius 2 is 2.05 bits per heavy atom. The molecule has 2 rings (SSSR count). The van der Waals surface area contributed by atoms with Gasteiger partial charge in [0.05, 0.1) is 0 Å². The van der Waals surface area contributed by atoms with Crippen LogP contribution in [0.3, 0.4) is 0 Å². The highest BCUT2D eigenvalue weighted by Gasteiger charge is 2.34. The van der Waals surface area contributed by atoms with E-state index in [1.165, 1.54) is 19.3 Å². The molecular weight excluding hydrogens is 239 g/mol. The Bertz CT molecular complexity index is 427. The number of benzene rings is 1. The second kappa shape index (κ2) is 6.02. The van der Waals surface area contributed by atoms with Gasteiger partial charge in [0.1, 0.15) is 5.82 Å². The largest absolute Gasteiger partial charge is 0.326 e. The lowest BCUT2D eigenvalue weighted by molar-refractivity contribution is 0.234. The molecule has 106 valence electrons. The number of halogens is 1. The number of nitrogens with two attached hydrogens (primary N) is 1. The van der Waals surface area contributed by atoms with Gasteiger partial charge in [-0.05, 0) is 42.9 Å². The number of hydrogen-bond acceptors (Lipinski definition) is 2. The summed E-state index contributed by atoms with van der Waals surface area (Å²) in [7, 11) is 0. The van der Waals surface area contributed by atoms with Crippen LogP contribution >= 0.6 is 0 Å². The summed E-state index contributed by atoms with van der Waals surface area (Å²) < 4.78 is 14.0. The molecule has 0 spiro atoms. The number of rotatable bonds is 5. The fraction of sp³-hybridized carbons (Fsp3) is 0.625. The third-order valence-electron chi connectivity index (χ3n) is 4.76. The van der Waals surface area contributed by atoms with Gasteiger partial charge in [-0.15, -0.1) is 0 Å². The smallest absolute Gasteiger partial charge is 0.128 e. The first-order chi connectivity index (χ1) is 9.12. The molecule has 19 heavy (non-hydrogen) atoms. The van der Waals surface area contributed by atoms with E-state index in [2.05, 4.69) is 18.7 Å². The number of hydrogen-bond donors (Lipinski definition) is 1. The predicted molar refractivity (Wildman–Crippen MR) is 77.2 cm³/mol. The summed E-state index contributed by atoms with van der Waals surface area (Å²) in [4.78, 5) is 2.38. The predicted octanol–water partition coefficient (Wildman–Crippen LogP) is 3.30. The fourth-order valence-corrected chi connectivity index (χ4v) is 3.08. The fourth-order valence-electron chi connectivity index (χ4n) is 3.08. The molecule has 2 N–H and O–H groups in total. The van der Waals surface area contributed by atoms with E-state index in [1.807, 2.05) is 12.1 Å². The Kier molecular flexibility index (Phi) is 4.58. The molecule has 0 bridgehead atoms. The quantitative estimate of drug-likeness (QED) is 0.884. The minimum absolute atomic E-state index is 0.117. The lowest BCUT2D eigenvalue weighted by Gasteiger charge is -2.26. The van der Waals surface area contributed by atoms with Gasteiger partial charge < -0.3 is 5.73 Å². The summed E-state index contributed by atoms with van der Waals surface area (Å²) in [5.74, 6) is -0.117. The zero-order valence-corrected chi connectivity index (χ0v) is 12.1. The minimum Gasteiger partial charge on any atom is -0.326 e. The van der Waals surface area contributed by atoms with Crippen LogP contribution in [0, 0.1) is 11.2 Å². The van der Waals surface area contributed by atoms with E-state index in [-0.39, 0.29) is 5.82 Å². The summed E-state index contributed by atoms with van der Waals surface area (Å²) in [6.07, 6.45) is 3.67. The van der Waals surface area contributed by atoms with Crippen LogP contribution < -0.4 is 5.73 Å². The normalized spacial score (nSPS) is 18.9. The highest BCUT2D eigenvalue weighted by molar-refractivity contribution is 5.24. The SMILES string of the molecule is CCC1(CC)CCN(Cc2ccc(CN)cc2F)C1. The molecule has 1 aliphatic heterocycles. The van der Waals surface area contributed by atoms with Gasteiger partial charge in [0.25, 0.3) is 0 Å². The maximum absolute atomic E-state index is 14.0. The van der Waals surface area contributed by atoms with Gasteiger partial charge in [0.15, 0.2) is 0 Å². The summed E-state index contributed by atoms with van der Waals surface area (Å²) in [5, 5.41) is 0. The second-order valence-corrected chi connectivity index (χ2v) is 5.80. The van der Waals surface area contributed by atoms with Crippen molar-refractivity contribution < 1.29 is 4.39 Å². The summed E-state index contributed by atoms with van der Waals surface area (Å²) >= 11 is 0. The third kappa shape index (κ3) is 3.15. The van der Waals surface area contributed by atoms with E-state index in [9.17, 15) is 4.39 Å². The van der Waals surface area contributed by atoms with Crippen molar-refractivity contribution in [3.8, 4) is 0 Å². The number of likely N-dealkylation sites (tertiary alicyclic amines) is 1. The van der Waals surface area contributed by atoms with Crippen LogP contribution in [0.4, 0.5) is 4.39 Å². The lowest BCUT2D eigenvalue weighted by Crippen LogP contribution is -2.26. The first kappa shape index (κ1) is 14.5. The molecule has 0 saturated carbocycles. The summed E-state index contributed by atoms with van der Waals surface area (Å²) in [6.45, 7) is 7.83. The molecule has 1 aliphatic rings. The van der Waals surface area contributed by atoms with E-state index in [4.69, 9.17) is 5.73 Å². The van der Waals surface area contributed by atoms with Crippen molar-refractivity contribution in [2.45, 2.75) is 46.2 Å². The highest BCUT2D eigenvalue weighted by atomic mass is 19.1. The van der Waals surface area contributed by atoms with Crippen LogP contribution in [0.1, 0.15) is 44.2 Å². The molecule has 0 aliphatic carbocycles. The Labute approximate surface area is 115 Å². The zero-order chi connectivity index (χ0) is 13.9. The topological polar surface area (TPSA) is 29.3 Å². The van der Waals surface area contributed by atoms with E-state index < -0.39 is 0 Å². The lowest BCUT2D eigenvalue weighted by atomic mass is 9.82. The molecule has 0 unspecified atom stereocenters. The number of nitrogens with zero attached hydrogens (tertiary/aromatic N) is 1. The molecule has 2 nitrogen and oxygen atoms in total. The van der Waals surface area contributed by atoms with Crippen molar-refractivity contribution in [1.29, 1.82) is 0 Å². The van der Waals surface area contributed by atoms with Crippen molar-refractivity contribution in [3.63, 3.8) is 0 Å².